The zero-order valence-electron chi connectivity index (χ0n) is 8.42. The number of aryl methyl sites for hydroxylation is 2. The van der Waals surface area contributed by atoms with Gasteiger partial charge in [-0.1, -0.05) is 6.92 Å². The first kappa shape index (κ1) is 11.9. The molecule has 0 spiro atoms. The SMILES string of the molecule is CCCn1ccn(CCC(F)(F)F)c1=O. The fraction of sp³-hybridized carbons (Fsp3) is 0.667. The van der Waals surface area contributed by atoms with E-state index in [4.69, 9.17) is 0 Å². The zero-order chi connectivity index (χ0) is 11.5. The molecule has 0 N–H and O–H groups in total. The summed E-state index contributed by atoms with van der Waals surface area (Å²) >= 11 is 0. The summed E-state index contributed by atoms with van der Waals surface area (Å²) in [6.07, 6.45) is -1.50. The molecule has 0 aliphatic carbocycles. The normalized spacial score (nSPS) is 12.0. The quantitative estimate of drug-likeness (QED) is 0.765. The highest BCUT2D eigenvalue weighted by Crippen LogP contribution is 2.19. The van der Waals surface area contributed by atoms with Gasteiger partial charge in [-0.3, -0.25) is 9.13 Å². The maximum atomic E-state index is 11.9. The Labute approximate surface area is 85.1 Å². The first-order chi connectivity index (χ1) is 6.94. The Morgan fingerprint density at radius 1 is 1.20 bits per heavy atom. The van der Waals surface area contributed by atoms with E-state index < -0.39 is 12.6 Å². The lowest BCUT2D eigenvalue weighted by Crippen LogP contribution is -2.25. The van der Waals surface area contributed by atoms with Crippen LogP contribution in [0, 0.1) is 0 Å². The molecule has 3 nitrogen and oxygen atoms in total. The second-order valence-corrected chi connectivity index (χ2v) is 3.33. The van der Waals surface area contributed by atoms with Crippen molar-refractivity contribution in [2.45, 2.75) is 39.0 Å². The molecular formula is C9H13F3N2O. The van der Waals surface area contributed by atoms with Crippen molar-refractivity contribution in [3.8, 4) is 0 Å². The van der Waals surface area contributed by atoms with Gasteiger partial charge in [-0.25, -0.2) is 4.79 Å². The first-order valence-electron chi connectivity index (χ1n) is 4.76. The fourth-order valence-corrected chi connectivity index (χ4v) is 1.28. The maximum absolute atomic E-state index is 11.9. The Kier molecular flexibility index (Phi) is 3.60. The zero-order valence-corrected chi connectivity index (χ0v) is 8.42. The largest absolute Gasteiger partial charge is 0.390 e. The maximum Gasteiger partial charge on any atom is 0.390 e. The van der Waals surface area contributed by atoms with E-state index in [0.717, 1.165) is 11.0 Å². The van der Waals surface area contributed by atoms with Crippen molar-refractivity contribution in [1.29, 1.82) is 0 Å². The standard InChI is InChI=1S/C9H13F3N2O/c1-2-4-13-6-7-14(8(13)15)5-3-9(10,11)12/h6-7H,2-5H2,1H3. The van der Waals surface area contributed by atoms with Crippen LogP contribution in [0.1, 0.15) is 19.8 Å². The van der Waals surface area contributed by atoms with E-state index in [1.807, 2.05) is 6.92 Å². The van der Waals surface area contributed by atoms with Crippen LogP contribution in [0.3, 0.4) is 0 Å². The lowest BCUT2D eigenvalue weighted by atomic mass is 10.4. The molecular weight excluding hydrogens is 209 g/mol. The van der Waals surface area contributed by atoms with Crippen LogP contribution in [0.5, 0.6) is 0 Å². The van der Waals surface area contributed by atoms with Crippen LogP contribution in [-0.2, 0) is 13.1 Å². The summed E-state index contributed by atoms with van der Waals surface area (Å²) in [7, 11) is 0. The van der Waals surface area contributed by atoms with Gasteiger partial charge < -0.3 is 0 Å². The molecule has 1 aromatic heterocycles. The van der Waals surface area contributed by atoms with Crippen molar-refractivity contribution in [3.05, 3.63) is 22.9 Å². The van der Waals surface area contributed by atoms with E-state index >= 15 is 0 Å². The second-order valence-electron chi connectivity index (χ2n) is 3.33. The van der Waals surface area contributed by atoms with Crippen LogP contribution in [0.2, 0.25) is 0 Å². The smallest absolute Gasteiger partial charge is 0.299 e. The molecule has 0 saturated heterocycles. The molecule has 1 rings (SSSR count). The Morgan fingerprint density at radius 3 is 2.20 bits per heavy atom. The van der Waals surface area contributed by atoms with Crippen molar-refractivity contribution in [3.63, 3.8) is 0 Å². The summed E-state index contributed by atoms with van der Waals surface area (Å²) in [5.41, 5.74) is -0.374. The lowest BCUT2D eigenvalue weighted by Gasteiger charge is -2.05. The van der Waals surface area contributed by atoms with Gasteiger partial charge >= 0.3 is 11.9 Å². The van der Waals surface area contributed by atoms with Gasteiger partial charge in [-0.05, 0) is 6.42 Å². The molecule has 0 atom stereocenters. The van der Waals surface area contributed by atoms with Crippen LogP contribution in [0.15, 0.2) is 17.2 Å². The number of hydrogen-bond acceptors (Lipinski definition) is 1. The number of hydrogen-bond donors (Lipinski definition) is 0. The van der Waals surface area contributed by atoms with Gasteiger partial charge in [0.2, 0.25) is 0 Å². The predicted octanol–water partition coefficient (Wildman–Crippen LogP) is 2.01. The summed E-state index contributed by atoms with van der Waals surface area (Å²) in [5, 5.41) is 0. The molecule has 1 aromatic rings. The van der Waals surface area contributed by atoms with E-state index in [1.54, 1.807) is 0 Å². The van der Waals surface area contributed by atoms with Crippen LogP contribution in [-0.4, -0.2) is 15.3 Å². The highest BCUT2D eigenvalue weighted by molar-refractivity contribution is 4.81. The molecule has 0 radical (unpaired) electrons. The lowest BCUT2D eigenvalue weighted by molar-refractivity contribution is -0.136. The monoisotopic (exact) mass is 222 g/mol. The Hall–Kier alpha value is -1.20. The molecule has 1 heterocycles. The van der Waals surface area contributed by atoms with Gasteiger partial charge in [0.1, 0.15) is 0 Å². The van der Waals surface area contributed by atoms with Crippen molar-refractivity contribution < 1.29 is 13.2 Å². The Morgan fingerprint density at radius 2 is 1.73 bits per heavy atom. The summed E-state index contributed by atoms with van der Waals surface area (Å²) in [5.74, 6) is 0. The van der Waals surface area contributed by atoms with Crippen molar-refractivity contribution in [2.75, 3.05) is 0 Å². The molecule has 0 saturated carbocycles. The Balaban J connectivity index is 2.67. The van der Waals surface area contributed by atoms with Crippen LogP contribution in [0.4, 0.5) is 13.2 Å². The molecule has 6 heteroatoms. The molecule has 0 aliphatic rings. The molecule has 0 aliphatic heterocycles. The van der Waals surface area contributed by atoms with E-state index in [1.165, 1.54) is 17.0 Å². The fourth-order valence-electron chi connectivity index (χ4n) is 1.28. The van der Waals surface area contributed by atoms with Crippen molar-refractivity contribution >= 4 is 0 Å². The number of alkyl halides is 3. The first-order valence-corrected chi connectivity index (χ1v) is 4.76. The molecule has 86 valence electrons. The number of nitrogens with zero attached hydrogens (tertiary/aromatic N) is 2. The molecule has 15 heavy (non-hydrogen) atoms. The van der Waals surface area contributed by atoms with Gasteiger partial charge in [0.25, 0.3) is 0 Å². The third kappa shape index (κ3) is 3.45. The van der Waals surface area contributed by atoms with E-state index in [9.17, 15) is 18.0 Å². The predicted molar refractivity (Wildman–Crippen MR) is 49.7 cm³/mol. The minimum absolute atomic E-state index is 0.307. The van der Waals surface area contributed by atoms with E-state index in [0.29, 0.717) is 6.54 Å². The topological polar surface area (TPSA) is 26.9 Å². The molecule has 0 bridgehead atoms. The van der Waals surface area contributed by atoms with Gasteiger partial charge in [-0.15, -0.1) is 0 Å². The van der Waals surface area contributed by atoms with Crippen LogP contribution >= 0.6 is 0 Å². The average Bonchev–Trinajstić information content (AvgIpc) is 2.45. The summed E-state index contributed by atoms with van der Waals surface area (Å²) in [4.78, 5) is 11.4. The molecule has 0 amide bonds. The Bertz CT molecular complexity index is 364. The van der Waals surface area contributed by atoms with Crippen molar-refractivity contribution in [2.24, 2.45) is 0 Å². The van der Waals surface area contributed by atoms with Gasteiger partial charge in [0, 0.05) is 25.5 Å². The molecule has 0 fully saturated rings. The number of aromatic nitrogens is 2. The highest BCUT2D eigenvalue weighted by Gasteiger charge is 2.26. The van der Waals surface area contributed by atoms with Crippen LogP contribution < -0.4 is 5.69 Å². The minimum Gasteiger partial charge on any atom is -0.299 e. The van der Waals surface area contributed by atoms with Crippen molar-refractivity contribution in [1.82, 2.24) is 9.13 Å². The summed E-state index contributed by atoms with van der Waals surface area (Å²) < 4.78 is 38.2. The van der Waals surface area contributed by atoms with Crippen LogP contribution in [0.25, 0.3) is 0 Å². The minimum atomic E-state index is -4.22. The summed E-state index contributed by atoms with van der Waals surface area (Å²) in [6, 6.07) is 0. The van der Waals surface area contributed by atoms with E-state index in [2.05, 4.69) is 0 Å². The average molecular weight is 222 g/mol. The second kappa shape index (κ2) is 4.55. The van der Waals surface area contributed by atoms with E-state index in [-0.39, 0.29) is 12.2 Å². The third-order valence-corrected chi connectivity index (χ3v) is 2.02. The number of halogens is 3. The summed E-state index contributed by atoms with van der Waals surface area (Å²) in [6.45, 7) is 2.14. The number of rotatable bonds is 4. The molecule has 0 aromatic carbocycles. The highest BCUT2D eigenvalue weighted by atomic mass is 19.4. The van der Waals surface area contributed by atoms with Gasteiger partial charge in [0.15, 0.2) is 0 Å². The van der Waals surface area contributed by atoms with Gasteiger partial charge in [-0.2, -0.15) is 13.2 Å². The third-order valence-electron chi connectivity index (χ3n) is 2.02. The number of imidazole rings is 1. The van der Waals surface area contributed by atoms with Gasteiger partial charge in [0.05, 0.1) is 6.42 Å². The molecule has 0 unspecified atom stereocenters.